The van der Waals surface area contributed by atoms with E-state index in [0.29, 0.717) is 23.6 Å². The monoisotopic (exact) mass is 481 g/mol. The molecule has 2 aromatic rings. The Bertz CT molecular complexity index is 1150. The number of anilines is 1. The minimum atomic E-state index is -3.92. The SMILES string of the molecule is N#Cc1ccc(NC(=O)COC(=O)[C@@H]2CCCN2S(=O)(=O)c2ccc(Cl)cc2)cc1Cl. The van der Waals surface area contributed by atoms with Crippen molar-refractivity contribution >= 4 is 50.8 Å². The molecule has 1 atom stereocenters. The molecule has 0 bridgehead atoms. The van der Waals surface area contributed by atoms with E-state index in [1.165, 1.54) is 42.5 Å². The summed E-state index contributed by atoms with van der Waals surface area (Å²) in [7, 11) is -3.92. The summed E-state index contributed by atoms with van der Waals surface area (Å²) in [5, 5.41) is 11.9. The van der Waals surface area contributed by atoms with E-state index in [0.717, 1.165) is 4.31 Å². The molecule has 0 radical (unpaired) electrons. The van der Waals surface area contributed by atoms with Crippen molar-refractivity contribution < 1.29 is 22.7 Å². The predicted molar refractivity (Wildman–Crippen MR) is 114 cm³/mol. The van der Waals surface area contributed by atoms with Gasteiger partial charge in [-0.2, -0.15) is 9.57 Å². The molecular formula is C20H17Cl2N3O5S. The van der Waals surface area contributed by atoms with Crippen LogP contribution in [0.5, 0.6) is 0 Å². The summed E-state index contributed by atoms with van der Waals surface area (Å²) in [6.07, 6.45) is 0.779. The van der Waals surface area contributed by atoms with Crippen LogP contribution in [-0.2, 0) is 24.3 Å². The number of halogens is 2. The Morgan fingerprint density at radius 2 is 1.90 bits per heavy atom. The molecule has 1 heterocycles. The third-order valence-corrected chi connectivity index (χ3v) is 7.10. The zero-order valence-electron chi connectivity index (χ0n) is 16.0. The average Bonchev–Trinajstić information content (AvgIpc) is 3.23. The van der Waals surface area contributed by atoms with Crippen LogP contribution in [0.3, 0.4) is 0 Å². The molecule has 11 heteroatoms. The minimum absolute atomic E-state index is 0.0204. The van der Waals surface area contributed by atoms with E-state index in [2.05, 4.69) is 5.32 Å². The molecule has 1 amide bonds. The van der Waals surface area contributed by atoms with Crippen LogP contribution in [0, 0.1) is 11.3 Å². The number of rotatable bonds is 6. The highest BCUT2D eigenvalue weighted by Gasteiger charge is 2.40. The average molecular weight is 482 g/mol. The van der Waals surface area contributed by atoms with E-state index < -0.39 is 34.5 Å². The first-order valence-electron chi connectivity index (χ1n) is 9.16. The number of esters is 1. The second-order valence-corrected chi connectivity index (χ2v) is 9.42. The lowest BCUT2D eigenvalue weighted by atomic mass is 10.2. The second-order valence-electron chi connectivity index (χ2n) is 6.69. The Morgan fingerprint density at radius 3 is 2.55 bits per heavy atom. The second kappa shape index (κ2) is 9.66. The summed E-state index contributed by atoms with van der Waals surface area (Å²) in [4.78, 5) is 24.6. The normalized spacial score (nSPS) is 16.5. The number of carbonyl (C=O) groups excluding carboxylic acids is 2. The lowest BCUT2D eigenvalue weighted by Crippen LogP contribution is -2.42. The number of carbonyl (C=O) groups is 2. The molecule has 3 rings (SSSR count). The van der Waals surface area contributed by atoms with Gasteiger partial charge in [-0.15, -0.1) is 0 Å². The maximum Gasteiger partial charge on any atom is 0.324 e. The van der Waals surface area contributed by atoms with Crippen molar-refractivity contribution in [3.05, 3.63) is 58.1 Å². The van der Waals surface area contributed by atoms with Gasteiger partial charge in [-0.1, -0.05) is 23.2 Å². The maximum atomic E-state index is 12.9. The zero-order valence-corrected chi connectivity index (χ0v) is 18.4. The molecule has 0 spiro atoms. The molecule has 0 unspecified atom stereocenters. The number of sulfonamides is 1. The first-order valence-corrected chi connectivity index (χ1v) is 11.4. The third-order valence-electron chi connectivity index (χ3n) is 4.61. The number of hydrogen-bond acceptors (Lipinski definition) is 6. The van der Waals surface area contributed by atoms with E-state index in [9.17, 15) is 18.0 Å². The van der Waals surface area contributed by atoms with Gasteiger partial charge in [0.1, 0.15) is 12.1 Å². The lowest BCUT2D eigenvalue weighted by Gasteiger charge is -2.22. The number of nitrogens with one attached hydrogen (secondary N) is 1. The van der Waals surface area contributed by atoms with Gasteiger partial charge in [-0.3, -0.25) is 9.59 Å². The van der Waals surface area contributed by atoms with Crippen molar-refractivity contribution in [1.29, 1.82) is 5.26 Å². The highest BCUT2D eigenvalue weighted by Crippen LogP contribution is 2.27. The number of ether oxygens (including phenoxy) is 1. The van der Waals surface area contributed by atoms with E-state index in [1.807, 2.05) is 6.07 Å². The summed E-state index contributed by atoms with van der Waals surface area (Å²) in [5.74, 6) is -1.43. The molecule has 0 aromatic heterocycles. The van der Waals surface area contributed by atoms with E-state index in [4.69, 9.17) is 33.2 Å². The fourth-order valence-corrected chi connectivity index (χ4v) is 5.11. The van der Waals surface area contributed by atoms with Crippen molar-refractivity contribution in [2.24, 2.45) is 0 Å². The molecule has 1 aliphatic rings. The van der Waals surface area contributed by atoms with Crippen LogP contribution in [0.1, 0.15) is 18.4 Å². The van der Waals surface area contributed by atoms with Crippen LogP contribution in [-0.4, -0.2) is 43.8 Å². The Balaban J connectivity index is 1.62. The quantitative estimate of drug-likeness (QED) is 0.633. The number of amides is 1. The summed E-state index contributed by atoms with van der Waals surface area (Å²) in [6, 6.07) is 10.9. The number of nitriles is 1. The van der Waals surface area contributed by atoms with Crippen molar-refractivity contribution in [1.82, 2.24) is 4.31 Å². The smallest absolute Gasteiger partial charge is 0.324 e. The van der Waals surface area contributed by atoms with Gasteiger partial charge in [0.05, 0.1) is 15.5 Å². The van der Waals surface area contributed by atoms with E-state index >= 15 is 0 Å². The fraction of sp³-hybridized carbons (Fsp3) is 0.250. The molecule has 162 valence electrons. The van der Waals surface area contributed by atoms with Gasteiger partial charge in [-0.25, -0.2) is 8.42 Å². The van der Waals surface area contributed by atoms with Crippen LogP contribution < -0.4 is 5.32 Å². The van der Waals surface area contributed by atoms with Gasteiger partial charge in [0.15, 0.2) is 6.61 Å². The topological polar surface area (TPSA) is 117 Å². The van der Waals surface area contributed by atoms with Gasteiger partial charge < -0.3 is 10.1 Å². The van der Waals surface area contributed by atoms with Crippen molar-refractivity contribution in [3.63, 3.8) is 0 Å². The minimum Gasteiger partial charge on any atom is -0.454 e. The molecule has 1 saturated heterocycles. The maximum absolute atomic E-state index is 12.9. The molecule has 31 heavy (non-hydrogen) atoms. The highest BCUT2D eigenvalue weighted by atomic mass is 35.5. The number of benzene rings is 2. The first kappa shape index (κ1) is 23.0. The standard InChI is InChI=1S/C20H17Cl2N3O5S/c21-14-4-7-16(8-5-14)31(28,29)25-9-1-2-18(25)20(27)30-12-19(26)24-15-6-3-13(11-23)17(22)10-15/h3-8,10,18H,1-2,9,12H2,(H,24,26)/t18-/m0/s1. The summed E-state index contributed by atoms with van der Waals surface area (Å²) >= 11 is 11.7. The molecule has 2 aromatic carbocycles. The number of nitrogens with zero attached hydrogens (tertiary/aromatic N) is 2. The lowest BCUT2D eigenvalue weighted by molar-refractivity contribution is -0.150. The molecule has 1 aliphatic heterocycles. The number of hydrogen-bond donors (Lipinski definition) is 1. The fourth-order valence-electron chi connectivity index (χ4n) is 3.12. The van der Waals surface area contributed by atoms with E-state index in [-0.39, 0.29) is 22.0 Å². The molecule has 1 fully saturated rings. The van der Waals surface area contributed by atoms with Gasteiger partial charge >= 0.3 is 5.97 Å². The van der Waals surface area contributed by atoms with Gasteiger partial charge in [0.2, 0.25) is 10.0 Å². The van der Waals surface area contributed by atoms with Gasteiger partial charge in [0.25, 0.3) is 5.91 Å². The summed E-state index contributed by atoms with van der Waals surface area (Å²) < 4.78 is 31.9. The van der Waals surface area contributed by atoms with Crippen molar-refractivity contribution in [2.45, 2.75) is 23.8 Å². The molecule has 0 saturated carbocycles. The zero-order chi connectivity index (χ0) is 22.6. The Hall–Kier alpha value is -2.64. The molecule has 0 aliphatic carbocycles. The molecule has 8 nitrogen and oxygen atoms in total. The van der Waals surface area contributed by atoms with Crippen LogP contribution in [0.2, 0.25) is 10.0 Å². The van der Waals surface area contributed by atoms with Crippen LogP contribution in [0.4, 0.5) is 5.69 Å². The van der Waals surface area contributed by atoms with Crippen molar-refractivity contribution in [3.8, 4) is 6.07 Å². The highest BCUT2D eigenvalue weighted by molar-refractivity contribution is 7.89. The summed E-state index contributed by atoms with van der Waals surface area (Å²) in [6.45, 7) is -0.428. The van der Waals surface area contributed by atoms with E-state index in [1.54, 1.807) is 0 Å². The van der Waals surface area contributed by atoms with Crippen LogP contribution in [0.25, 0.3) is 0 Å². The molecule has 1 N–H and O–H groups in total. The predicted octanol–water partition coefficient (Wildman–Crippen LogP) is 3.20. The first-order chi connectivity index (χ1) is 14.7. The van der Waals surface area contributed by atoms with Crippen molar-refractivity contribution in [2.75, 3.05) is 18.5 Å². The molecular weight excluding hydrogens is 465 g/mol. The Morgan fingerprint density at radius 1 is 1.19 bits per heavy atom. The van der Waals surface area contributed by atoms with Gasteiger partial charge in [-0.05, 0) is 55.3 Å². The summed E-state index contributed by atoms with van der Waals surface area (Å²) in [5.41, 5.74) is 0.590. The van der Waals surface area contributed by atoms with Gasteiger partial charge in [0, 0.05) is 17.3 Å². The third kappa shape index (κ3) is 5.35. The Labute approximate surface area is 189 Å². The Kier molecular flexibility index (Phi) is 7.18. The van der Waals surface area contributed by atoms with Crippen LogP contribution >= 0.6 is 23.2 Å². The van der Waals surface area contributed by atoms with Crippen LogP contribution in [0.15, 0.2) is 47.4 Å². The largest absolute Gasteiger partial charge is 0.454 e.